The van der Waals surface area contributed by atoms with Crippen molar-refractivity contribution in [3.8, 4) is 0 Å². The van der Waals surface area contributed by atoms with Crippen LogP contribution in [-0.2, 0) is 9.59 Å². The van der Waals surface area contributed by atoms with Gasteiger partial charge in [-0.25, -0.2) is 0 Å². The number of rotatable bonds is 5. The third-order valence-electron chi connectivity index (χ3n) is 3.98. The number of carbonyl (C=O) groups excluding carboxylic acids is 2. The molecule has 1 unspecified atom stereocenters. The van der Waals surface area contributed by atoms with Crippen molar-refractivity contribution in [2.75, 3.05) is 19.6 Å². The highest BCUT2D eigenvalue weighted by Crippen LogP contribution is 2.30. The summed E-state index contributed by atoms with van der Waals surface area (Å²) in [4.78, 5) is 23.8. The molecule has 0 spiro atoms. The highest BCUT2D eigenvalue weighted by atomic mass is 16.2. The fraction of sp³-hybridized carbons (Fsp3) is 0.846. The van der Waals surface area contributed by atoms with E-state index in [4.69, 9.17) is 0 Å². The molecule has 0 bridgehead atoms. The maximum atomic E-state index is 12.2. The van der Waals surface area contributed by atoms with Crippen LogP contribution in [0.25, 0.3) is 0 Å². The zero-order valence-corrected chi connectivity index (χ0v) is 11.1. The van der Waals surface area contributed by atoms with E-state index in [1.165, 1.54) is 0 Å². The predicted molar refractivity (Wildman–Crippen MR) is 69.0 cm³/mol. The van der Waals surface area contributed by atoms with Crippen LogP contribution in [0.1, 0.15) is 39.0 Å². The van der Waals surface area contributed by atoms with E-state index in [1.54, 1.807) is 0 Å². The van der Waals surface area contributed by atoms with Crippen LogP contribution in [0.5, 0.6) is 0 Å². The molecule has 1 aliphatic carbocycles. The zero-order chi connectivity index (χ0) is 13.0. The van der Waals surface area contributed by atoms with Gasteiger partial charge in [-0.2, -0.15) is 0 Å². The van der Waals surface area contributed by atoms with Gasteiger partial charge in [-0.3, -0.25) is 9.59 Å². The fourth-order valence-corrected chi connectivity index (χ4v) is 2.48. The van der Waals surface area contributed by atoms with Crippen LogP contribution in [0.15, 0.2) is 0 Å². The van der Waals surface area contributed by atoms with Gasteiger partial charge in [-0.15, -0.1) is 0 Å². The van der Waals surface area contributed by atoms with Crippen molar-refractivity contribution in [3.05, 3.63) is 0 Å². The molecule has 5 heteroatoms. The molecule has 2 rings (SSSR count). The van der Waals surface area contributed by atoms with Gasteiger partial charge in [0.25, 0.3) is 0 Å². The molecule has 0 radical (unpaired) electrons. The van der Waals surface area contributed by atoms with E-state index in [2.05, 4.69) is 16.0 Å². The Balaban J connectivity index is 1.79. The molecule has 1 atom stereocenters. The number of hydrogen-bond acceptors (Lipinski definition) is 3. The molecule has 5 nitrogen and oxygen atoms in total. The Morgan fingerprint density at radius 1 is 1.39 bits per heavy atom. The second-order valence-electron chi connectivity index (χ2n) is 5.44. The van der Waals surface area contributed by atoms with Crippen LogP contribution in [0.4, 0.5) is 0 Å². The van der Waals surface area contributed by atoms with Crippen LogP contribution >= 0.6 is 0 Å². The van der Waals surface area contributed by atoms with Gasteiger partial charge in [-0.05, 0) is 38.6 Å². The van der Waals surface area contributed by atoms with Crippen molar-refractivity contribution in [2.24, 2.45) is 5.41 Å². The van der Waals surface area contributed by atoms with Crippen LogP contribution in [0, 0.1) is 5.41 Å². The van der Waals surface area contributed by atoms with E-state index in [0.717, 1.165) is 45.2 Å². The molecule has 3 N–H and O–H groups in total. The van der Waals surface area contributed by atoms with Crippen molar-refractivity contribution in [1.82, 2.24) is 16.0 Å². The molecule has 1 saturated heterocycles. The molecule has 2 aliphatic rings. The number of nitrogens with one attached hydrogen (secondary N) is 3. The average molecular weight is 253 g/mol. The first-order chi connectivity index (χ1) is 8.66. The van der Waals surface area contributed by atoms with E-state index >= 15 is 0 Å². The van der Waals surface area contributed by atoms with Crippen molar-refractivity contribution >= 4 is 11.8 Å². The topological polar surface area (TPSA) is 70.2 Å². The normalized spacial score (nSPS) is 27.6. The molecule has 1 aliphatic heterocycles. The summed E-state index contributed by atoms with van der Waals surface area (Å²) in [5.41, 5.74) is -0.321. The van der Waals surface area contributed by atoms with Gasteiger partial charge >= 0.3 is 0 Å². The minimum absolute atomic E-state index is 0.0168. The Labute approximate surface area is 108 Å². The van der Waals surface area contributed by atoms with E-state index in [0.29, 0.717) is 6.04 Å². The third kappa shape index (κ3) is 3.22. The standard InChI is InChI=1S/C13H23N3O2/c1-2-13(6-3-7-14-9-13)12(18)15-8-11(17)16-10-4-5-10/h10,14H,2-9H2,1H3,(H,15,18)(H,16,17). The third-order valence-corrected chi connectivity index (χ3v) is 3.98. The van der Waals surface area contributed by atoms with Crippen molar-refractivity contribution < 1.29 is 9.59 Å². The Kier molecular flexibility index (Phi) is 4.22. The smallest absolute Gasteiger partial charge is 0.239 e. The minimum atomic E-state index is -0.321. The van der Waals surface area contributed by atoms with Crippen LogP contribution in [0.2, 0.25) is 0 Å². The molecule has 0 aromatic carbocycles. The van der Waals surface area contributed by atoms with Crippen LogP contribution in [-0.4, -0.2) is 37.5 Å². The maximum Gasteiger partial charge on any atom is 0.239 e. The second kappa shape index (κ2) is 5.69. The summed E-state index contributed by atoms with van der Waals surface area (Å²) in [5, 5.41) is 8.94. The van der Waals surface area contributed by atoms with Crippen molar-refractivity contribution in [3.63, 3.8) is 0 Å². The van der Waals surface area contributed by atoms with Gasteiger partial charge in [0, 0.05) is 12.6 Å². The highest BCUT2D eigenvalue weighted by molar-refractivity contribution is 5.88. The van der Waals surface area contributed by atoms with Gasteiger partial charge in [0.2, 0.25) is 11.8 Å². The lowest BCUT2D eigenvalue weighted by Gasteiger charge is -2.35. The monoisotopic (exact) mass is 253 g/mol. The largest absolute Gasteiger partial charge is 0.352 e. The molecule has 2 fully saturated rings. The van der Waals surface area contributed by atoms with Gasteiger partial charge in [0.1, 0.15) is 0 Å². The second-order valence-corrected chi connectivity index (χ2v) is 5.44. The molecule has 1 saturated carbocycles. The first-order valence-corrected chi connectivity index (χ1v) is 6.95. The Morgan fingerprint density at radius 3 is 2.72 bits per heavy atom. The number of piperidine rings is 1. The predicted octanol–water partition coefficient (Wildman–Crippen LogP) is 0.161. The Morgan fingerprint density at radius 2 is 2.17 bits per heavy atom. The molecular formula is C13H23N3O2. The summed E-state index contributed by atoms with van der Waals surface area (Å²) in [5.74, 6) is -0.0518. The number of hydrogen-bond donors (Lipinski definition) is 3. The summed E-state index contributed by atoms with van der Waals surface area (Å²) in [6.45, 7) is 3.85. The molecule has 0 aromatic rings. The average Bonchev–Trinajstić information content (AvgIpc) is 3.20. The van der Waals surface area contributed by atoms with Crippen LogP contribution in [0.3, 0.4) is 0 Å². The lowest BCUT2D eigenvalue weighted by Crippen LogP contribution is -2.51. The molecule has 2 amide bonds. The van der Waals surface area contributed by atoms with E-state index in [9.17, 15) is 9.59 Å². The van der Waals surface area contributed by atoms with Gasteiger partial charge in [0.05, 0.1) is 12.0 Å². The Hall–Kier alpha value is -1.10. The number of amides is 2. The SMILES string of the molecule is CCC1(C(=O)NCC(=O)NC2CC2)CCCNC1. The highest BCUT2D eigenvalue weighted by Gasteiger charge is 2.37. The van der Waals surface area contributed by atoms with E-state index < -0.39 is 0 Å². The lowest BCUT2D eigenvalue weighted by molar-refractivity contribution is -0.134. The summed E-state index contributed by atoms with van der Waals surface area (Å²) >= 11 is 0. The van der Waals surface area contributed by atoms with Crippen molar-refractivity contribution in [1.29, 1.82) is 0 Å². The Bertz CT molecular complexity index is 320. The summed E-state index contributed by atoms with van der Waals surface area (Å²) in [6.07, 6.45) is 4.89. The molecule has 18 heavy (non-hydrogen) atoms. The summed E-state index contributed by atoms with van der Waals surface area (Å²) in [7, 11) is 0. The minimum Gasteiger partial charge on any atom is -0.352 e. The van der Waals surface area contributed by atoms with E-state index in [1.807, 2.05) is 6.92 Å². The van der Waals surface area contributed by atoms with Gasteiger partial charge in [-0.1, -0.05) is 6.92 Å². The maximum absolute atomic E-state index is 12.2. The quantitative estimate of drug-likeness (QED) is 0.654. The molecular weight excluding hydrogens is 230 g/mol. The molecule has 0 aromatic heterocycles. The van der Waals surface area contributed by atoms with E-state index in [-0.39, 0.29) is 23.8 Å². The van der Waals surface area contributed by atoms with Crippen LogP contribution < -0.4 is 16.0 Å². The summed E-state index contributed by atoms with van der Waals surface area (Å²) < 4.78 is 0. The van der Waals surface area contributed by atoms with Gasteiger partial charge in [0.15, 0.2) is 0 Å². The fourth-order valence-electron chi connectivity index (χ4n) is 2.48. The first-order valence-electron chi connectivity index (χ1n) is 6.95. The van der Waals surface area contributed by atoms with Gasteiger partial charge < -0.3 is 16.0 Å². The van der Waals surface area contributed by atoms with Crippen molar-refractivity contribution in [2.45, 2.75) is 45.1 Å². The lowest BCUT2D eigenvalue weighted by atomic mass is 9.77. The number of carbonyl (C=O) groups is 2. The molecule has 102 valence electrons. The molecule has 1 heterocycles. The summed E-state index contributed by atoms with van der Waals surface area (Å²) in [6, 6.07) is 0.353. The zero-order valence-electron chi connectivity index (χ0n) is 11.1. The first kappa shape index (κ1) is 13.3.